The smallest absolute Gasteiger partial charge is 0.119 e. The number of hydrogen-bond donors (Lipinski definition) is 0. The van der Waals surface area contributed by atoms with E-state index in [2.05, 4.69) is 52.0 Å². The third kappa shape index (κ3) is 5.65. The molecular formula is C17H28O2. The maximum Gasteiger partial charge on any atom is 0.119 e. The van der Waals surface area contributed by atoms with Gasteiger partial charge in [0.2, 0.25) is 0 Å². The Bertz CT molecular complexity index is 352. The standard InChI is InChI=1S/C17H28O2/c1-6-18-11-12-19-16-9-7-15(8-10-16)17(4,5)13-14(2)3/h7-10,14H,6,11-13H2,1-5H3. The highest BCUT2D eigenvalue weighted by molar-refractivity contribution is 5.31. The van der Waals surface area contributed by atoms with Gasteiger partial charge >= 0.3 is 0 Å². The van der Waals surface area contributed by atoms with Gasteiger partial charge in [0, 0.05) is 6.61 Å². The third-order valence-corrected chi connectivity index (χ3v) is 3.25. The van der Waals surface area contributed by atoms with E-state index in [-0.39, 0.29) is 5.41 Å². The molecule has 0 amide bonds. The minimum Gasteiger partial charge on any atom is -0.491 e. The summed E-state index contributed by atoms with van der Waals surface area (Å²) in [4.78, 5) is 0. The molecule has 0 radical (unpaired) electrons. The average Bonchev–Trinajstić information content (AvgIpc) is 2.34. The van der Waals surface area contributed by atoms with Crippen molar-refractivity contribution in [1.82, 2.24) is 0 Å². The van der Waals surface area contributed by atoms with Crippen molar-refractivity contribution in [3.8, 4) is 5.75 Å². The zero-order chi connectivity index (χ0) is 14.3. The van der Waals surface area contributed by atoms with E-state index in [0.29, 0.717) is 19.1 Å². The van der Waals surface area contributed by atoms with E-state index in [4.69, 9.17) is 9.47 Å². The normalized spacial score (nSPS) is 11.9. The molecule has 0 heterocycles. The molecule has 0 saturated carbocycles. The van der Waals surface area contributed by atoms with Crippen LogP contribution in [0.1, 0.15) is 46.6 Å². The van der Waals surface area contributed by atoms with Crippen molar-refractivity contribution in [2.75, 3.05) is 19.8 Å². The van der Waals surface area contributed by atoms with Crippen LogP contribution in [-0.2, 0) is 10.2 Å². The summed E-state index contributed by atoms with van der Waals surface area (Å²) < 4.78 is 10.9. The van der Waals surface area contributed by atoms with Gasteiger partial charge < -0.3 is 9.47 Å². The second-order valence-corrected chi connectivity index (χ2v) is 6.05. The van der Waals surface area contributed by atoms with Crippen molar-refractivity contribution in [3.05, 3.63) is 29.8 Å². The zero-order valence-electron chi connectivity index (χ0n) is 13.0. The SMILES string of the molecule is CCOCCOc1ccc(C(C)(C)CC(C)C)cc1. The van der Waals surface area contributed by atoms with E-state index in [0.717, 1.165) is 12.4 Å². The fraction of sp³-hybridized carbons (Fsp3) is 0.647. The second-order valence-electron chi connectivity index (χ2n) is 6.05. The highest BCUT2D eigenvalue weighted by Gasteiger charge is 2.21. The molecule has 0 atom stereocenters. The summed E-state index contributed by atoms with van der Waals surface area (Å²) in [6, 6.07) is 8.48. The molecule has 0 fully saturated rings. The molecule has 0 aliphatic rings. The fourth-order valence-corrected chi connectivity index (χ4v) is 2.50. The first-order valence-corrected chi connectivity index (χ1v) is 7.27. The molecule has 108 valence electrons. The number of hydrogen-bond acceptors (Lipinski definition) is 2. The van der Waals surface area contributed by atoms with Crippen molar-refractivity contribution in [2.24, 2.45) is 5.92 Å². The topological polar surface area (TPSA) is 18.5 Å². The van der Waals surface area contributed by atoms with Gasteiger partial charge in [-0.05, 0) is 42.4 Å². The van der Waals surface area contributed by atoms with Crippen molar-refractivity contribution in [1.29, 1.82) is 0 Å². The van der Waals surface area contributed by atoms with Gasteiger partial charge in [-0.15, -0.1) is 0 Å². The maximum absolute atomic E-state index is 5.63. The molecule has 0 N–H and O–H groups in total. The average molecular weight is 264 g/mol. The van der Waals surface area contributed by atoms with Gasteiger partial charge in [-0.1, -0.05) is 39.8 Å². The van der Waals surface area contributed by atoms with Crippen LogP contribution in [0.5, 0.6) is 5.75 Å². The molecular weight excluding hydrogens is 236 g/mol. The van der Waals surface area contributed by atoms with E-state index < -0.39 is 0 Å². The first-order valence-electron chi connectivity index (χ1n) is 7.27. The summed E-state index contributed by atoms with van der Waals surface area (Å²) in [5, 5.41) is 0. The van der Waals surface area contributed by atoms with E-state index in [1.54, 1.807) is 0 Å². The molecule has 0 saturated heterocycles. The summed E-state index contributed by atoms with van der Waals surface area (Å²) in [7, 11) is 0. The van der Waals surface area contributed by atoms with Crippen molar-refractivity contribution in [3.63, 3.8) is 0 Å². The van der Waals surface area contributed by atoms with Crippen LogP contribution >= 0.6 is 0 Å². The largest absolute Gasteiger partial charge is 0.491 e. The summed E-state index contributed by atoms with van der Waals surface area (Å²) in [6.07, 6.45) is 1.19. The van der Waals surface area contributed by atoms with Gasteiger partial charge in [-0.25, -0.2) is 0 Å². The molecule has 2 nitrogen and oxygen atoms in total. The Morgan fingerprint density at radius 2 is 1.68 bits per heavy atom. The van der Waals surface area contributed by atoms with Gasteiger partial charge in [0.25, 0.3) is 0 Å². The molecule has 19 heavy (non-hydrogen) atoms. The summed E-state index contributed by atoms with van der Waals surface area (Å²) >= 11 is 0. The second kappa shape index (κ2) is 7.54. The summed E-state index contributed by atoms with van der Waals surface area (Å²) in [5.74, 6) is 1.63. The Morgan fingerprint density at radius 1 is 1.05 bits per heavy atom. The highest BCUT2D eigenvalue weighted by atomic mass is 16.5. The molecule has 2 heteroatoms. The Labute approximate surface area is 118 Å². The Balaban J connectivity index is 2.55. The van der Waals surface area contributed by atoms with Crippen molar-refractivity contribution >= 4 is 0 Å². The molecule has 1 rings (SSSR count). The van der Waals surface area contributed by atoms with Gasteiger partial charge in [0.15, 0.2) is 0 Å². The molecule has 0 aliphatic carbocycles. The Kier molecular flexibility index (Phi) is 6.36. The van der Waals surface area contributed by atoms with Crippen molar-refractivity contribution < 1.29 is 9.47 Å². The van der Waals surface area contributed by atoms with Crippen LogP contribution in [0.15, 0.2) is 24.3 Å². The van der Waals surface area contributed by atoms with Gasteiger partial charge in [0.1, 0.15) is 12.4 Å². The van der Waals surface area contributed by atoms with Crippen LogP contribution in [0.25, 0.3) is 0 Å². The van der Waals surface area contributed by atoms with Crippen LogP contribution in [0.4, 0.5) is 0 Å². The van der Waals surface area contributed by atoms with Crippen LogP contribution < -0.4 is 4.74 Å². The Morgan fingerprint density at radius 3 is 2.21 bits per heavy atom. The van der Waals surface area contributed by atoms with Gasteiger partial charge in [0.05, 0.1) is 6.61 Å². The van der Waals surface area contributed by atoms with Crippen LogP contribution in [0.2, 0.25) is 0 Å². The summed E-state index contributed by atoms with van der Waals surface area (Å²) in [5.41, 5.74) is 1.59. The van der Waals surface area contributed by atoms with Gasteiger partial charge in [-0.3, -0.25) is 0 Å². The zero-order valence-corrected chi connectivity index (χ0v) is 13.0. The van der Waals surface area contributed by atoms with E-state index in [1.165, 1.54) is 12.0 Å². The first-order chi connectivity index (χ1) is 8.95. The lowest BCUT2D eigenvalue weighted by atomic mass is 9.78. The highest BCUT2D eigenvalue weighted by Crippen LogP contribution is 2.31. The number of benzene rings is 1. The molecule has 0 aliphatic heterocycles. The lowest BCUT2D eigenvalue weighted by Gasteiger charge is -2.27. The van der Waals surface area contributed by atoms with Crippen LogP contribution in [0, 0.1) is 5.92 Å². The lowest BCUT2D eigenvalue weighted by Crippen LogP contribution is -2.19. The predicted octanol–water partition coefficient (Wildman–Crippen LogP) is 4.43. The molecule has 1 aromatic carbocycles. The fourth-order valence-electron chi connectivity index (χ4n) is 2.50. The molecule has 0 bridgehead atoms. The molecule has 0 unspecified atom stereocenters. The number of rotatable bonds is 8. The Hall–Kier alpha value is -1.02. The van der Waals surface area contributed by atoms with Crippen LogP contribution in [-0.4, -0.2) is 19.8 Å². The minimum absolute atomic E-state index is 0.220. The molecule has 1 aromatic rings. The predicted molar refractivity (Wildman–Crippen MR) is 80.9 cm³/mol. The maximum atomic E-state index is 5.63. The monoisotopic (exact) mass is 264 g/mol. The van der Waals surface area contributed by atoms with Crippen LogP contribution in [0.3, 0.4) is 0 Å². The number of ether oxygens (including phenoxy) is 2. The van der Waals surface area contributed by atoms with Gasteiger partial charge in [-0.2, -0.15) is 0 Å². The molecule has 0 aromatic heterocycles. The quantitative estimate of drug-likeness (QED) is 0.647. The molecule has 0 spiro atoms. The summed E-state index contributed by atoms with van der Waals surface area (Å²) in [6.45, 7) is 13.1. The first kappa shape index (κ1) is 16.0. The third-order valence-electron chi connectivity index (χ3n) is 3.25. The minimum atomic E-state index is 0.220. The van der Waals surface area contributed by atoms with E-state index in [1.807, 2.05) is 6.92 Å². The lowest BCUT2D eigenvalue weighted by molar-refractivity contribution is 0.110. The van der Waals surface area contributed by atoms with E-state index >= 15 is 0 Å². The van der Waals surface area contributed by atoms with E-state index in [9.17, 15) is 0 Å². The van der Waals surface area contributed by atoms with Crippen molar-refractivity contribution in [2.45, 2.75) is 46.5 Å².